The number of likely N-dealkylation sites (N-methyl/N-ethyl adjacent to an activating group) is 1. The molecule has 10 nitrogen and oxygen atoms in total. The fourth-order valence-corrected chi connectivity index (χ4v) is 5.11. The normalized spacial score (nSPS) is 30.3. The van der Waals surface area contributed by atoms with E-state index in [1.807, 2.05) is 0 Å². The molecule has 3 aliphatic carbocycles. The van der Waals surface area contributed by atoms with Gasteiger partial charge in [-0.2, -0.15) is 4.39 Å². The van der Waals surface area contributed by atoms with Crippen LogP contribution in [0.2, 0.25) is 0 Å². The Morgan fingerprint density at radius 3 is 2.52 bits per heavy atom. The van der Waals surface area contributed by atoms with Crippen molar-refractivity contribution >= 4 is 17.5 Å². The number of rotatable bonds is 2. The molecule has 1 amide bonds. The number of amides is 1. The monoisotopic (exact) mass is 433 g/mol. The summed E-state index contributed by atoms with van der Waals surface area (Å²) in [6, 6.07) is -1.10. The van der Waals surface area contributed by atoms with E-state index in [9.17, 15) is 39.2 Å². The van der Waals surface area contributed by atoms with Crippen molar-refractivity contribution in [3.63, 3.8) is 0 Å². The van der Waals surface area contributed by atoms with Crippen LogP contribution in [0.5, 0.6) is 5.75 Å². The molecule has 1 aromatic rings. The number of nitrogens with zero attached hydrogens (tertiary/aromatic N) is 2. The lowest BCUT2D eigenvalue weighted by Gasteiger charge is -2.50. The highest BCUT2D eigenvalue weighted by molar-refractivity contribution is 6.24. The maximum atomic E-state index is 14.3. The van der Waals surface area contributed by atoms with Crippen LogP contribution in [0.1, 0.15) is 22.3 Å². The Bertz CT molecular complexity index is 1130. The lowest BCUT2D eigenvalue weighted by molar-refractivity contribution is -0.148. The quantitative estimate of drug-likeness (QED) is 0.308. The molecule has 0 fully saturated rings. The van der Waals surface area contributed by atoms with Gasteiger partial charge >= 0.3 is 0 Å². The van der Waals surface area contributed by atoms with Gasteiger partial charge in [-0.1, -0.05) is 0 Å². The summed E-state index contributed by atoms with van der Waals surface area (Å²) < 4.78 is 14.3. The summed E-state index contributed by atoms with van der Waals surface area (Å²) in [4.78, 5) is 42.9. The first-order valence-electron chi connectivity index (χ1n) is 9.44. The van der Waals surface area contributed by atoms with Gasteiger partial charge in [-0.05, 0) is 32.9 Å². The molecule has 3 aliphatic rings. The first kappa shape index (κ1) is 20.9. The number of ketones is 2. The second-order valence-electron chi connectivity index (χ2n) is 8.25. The summed E-state index contributed by atoms with van der Waals surface area (Å²) in [6.45, 7) is 0. The van der Waals surface area contributed by atoms with E-state index >= 15 is 0 Å². The van der Waals surface area contributed by atoms with Crippen LogP contribution in [0.3, 0.4) is 0 Å². The number of aromatic hydroxyl groups is 1. The second-order valence-corrected chi connectivity index (χ2v) is 8.25. The van der Waals surface area contributed by atoms with E-state index < -0.39 is 75.3 Å². The lowest BCUT2D eigenvalue weighted by Crippen LogP contribution is -2.63. The van der Waals surface area contributed by atoms with Gasteiger partial charge in [0.2, 0.25) is 11.7 Å². The molecular formula is C20H20FN3O7. The Morgan fingerprint density at radius 2 is 1.94 bits per heavy atom. The Kier molecular flexibility index (Phi) is 4.45. The standard InChI is InChI=1S/C20H20FN3O7/c1-24(2)13-8-4-6-3-7-11(9(25)5-23-18(7)21)14(26)10(6)16(28)20(8,31)17(29)12(15(13)27)19(22)30/h5-6,8,13,25,27-28,31H,3-4H2,1-2H3,(H2,22,30)/t6-,8-,13-,20-/m0/s1. The highest BCUT2D eigenvalue weighted by Crippen LogP contribution is 2.52. The van der Waals surface area contributed by atoms with Crippen molar-refractivity contribution in [3.8, 4) is 5.75 Å². The molecule has 1 heterocycles. The minimum atomic E-state index is -2.72. The van der Waals surface area contributed by atoms with Crippen LogP contribution in [-0.4, -0.2) is 73.5 Å². The van der Waals surface area contributed by atoms with Crippen molar-refractivity contribution in [3.05, 3.63) is 45.9 Å². The zero-order chi connectivity index (χ0) is 23.0. The lowest BCUT2D eigenvalue weighted by atomic mass is 9.58. The average molecular weight is 433 g/mol. The SMILES string of the molecule is CN(C)[C@@H]1C(O)=C(C(N)=O)C(=O)[C@@]2(O)C(O)=C3C(=O)c4c(O)cnc(F)c4C[C@H]3C[C@@H]12. The number of nitrogens with two attached hydrogens (primary N) is 1. The van der Waals surface area contributed by atoms with Crippen LogP contribution in [0, 0.1) is 17.8 Å². The molecule has 4 atom stereocenters. The number of pyridine rings is 1. The minimum absolute atomic E-state index is 0.110. The van der Waals surface area contributed by atoms with Gasteiger partial charge in [0.05, 0.1) is 17.8 Å². The minimum Gasteiger partial charge on any atom is -0.510 e. The molecule has 0 saturated heterocycles. The third kappa shape index (κ3) is 2.56. The number of aliphatic hydroxyl groups excluding tert-OH is 2. The Balaban J connectivity index is 1.98. The second kappa shape index (κ2) is 6.59. The molecule has 0 bridgehead atoms. The van der Waals surface area contributed by atoms with Gasteiger partial charge in [-0.15, -0.1) is 0 Å². The van der Waals surface area contributed by atoms with Crippen LogP contribution >= 0.6 is 0 Å². The van der Waals surface area contributed by atoms with Gasteiger partial charge in [-0.25, -0.2) is 4.98 Å². The molecule has 0 saturated carbocycles. The van der Waals surface area contributed by atoms with Gasteiger partial charge in [0, 0.05) is 17.1 Å². The van der Waals surface area contributed by atoms with Crippen LogP contribution in [-0.2, 0) is 16.0 Å². The topological polar surface area (TPSA) is 174 Å². The van der Waals surface area contributed by atoms with E-state index in [-0.39, 0.29) is 24.0 Å². The number of fused-ring (bicyclic) bond motifs is 3. The molecule has 11 heteroatoms. The Labute approximate surface area is 175 Å². The predicted octanol–water partition coefficient (Wildman–Crippen LogP) is -0.345. The number of carbonyl (C=O) groups excluding carboxylic acids is 3. The molecule has 0 aliphatic heterocycles. The van der Waals surface area contributed by atoms with Gasteiger partial charge in [0.15, 0.2) is 11.4 Å². The van der Waals surface area contributed by atoms with Crippen molar-refractivity contribution < 1.29 is 39.2 Å². The largest absolute Gasteiger partial charge is 0.510 e. The summed E-state index contributed by atoms with van der Waals surface area (Å²) in [7, 11) is 3.05. The number of aromatic nitrogens is 1. The van der Waals surface area contributed by atoms with Gasteiger partial charge < -0.3 is 26.2 Å². The molecule has 1 aromatic heterocycles. The fraction of sp³-hybridized carbons (Fsp3) is 0.400. The molecule has 0 unspecified atom stereocenters. The average Bonchev–Trinajstić information content (AvgIpc) is 2.67. The van der Waals surface area contributed by atoms with E-state index in [0.717, 1.165) is 6.20 Å². The van der Waals surface area contributed by atoms with E-state index in [4.69, 9.17) is 5.73 Å². The number of hydrogen-bond acceptors (Lipinski definition) is 9. The highest BCUT2D eigenvalue weighted by atomic mass is 19.1. The summed E-state index contributed by atoms with van der Waals surface area (Å²) in [5.74, 6) is -8.79. The van der Waals surface area contributed by atoms with Crippen molar-refractivity contribution in [2.24, 2.45) is 17.6 Å². The van der Waals surface area contributed by atoms with E-state index in [2.05, 4.69) is 4.98 Å². The van der Waals surface area contributed by atoms with Crippen LogP contribution in [0.15, 0.2) is 28.9 Å². The number of allylic oxidation sites excluding steroid dienone is 1. The van der Waals surface area contributed by atoms with E-state index in [1.54, 1.807) is 0 Å². The Hall–Kier alpha value is -3.31. The summed E-state index contributed by atoms with van der Waals surface area (Å²) in [6.07, 6.45) is 0.507. The molecule has 0 radical (unpaired) electrons. The number of carbonyl (C=O) groups is 3. The predicted molar refractivity (Wildman–Crippen MR) is 101 cm³/mol. The van der Waals surface area contributed by atoms with E-state index in [1.165, 1.54) is 19.0 Å². The first-order chi connectivity index (χ1) is 14.4. The van der Waals surface area contributed by atoms with Gasteiger partial charge in [-0.3, -0.25) is 19.3 Å². The van der Waals surface area contributed by atoms with Gasteiger partial charge in [0.1, 0.15) is 22.8 Å². The highest BCUT2D eigenvalue weighted by Gasteiger charge is 2.63. The number of aliphatic hydroxyl groups is 3. The summed E-state index contributed by atoms with van der Waals surface area (Å²) >= 11 is 0. The zero-order valence-electron chi connectivity index (χ0n) is 16.6. The first-order valence-corrected chi connectivity index (χ1v) is 9.44. The van der Waals surface area contributed by atoms with Crippen LogP contribution in [0.25, 0.3) is 0 Å². The van der Waals surface area contributed by atoms with E-state index in [0.29, 0.717) is 0 Å². The van der Waals surface area contributed by atoms with Crippen molar-refractivity contribution in [2.45, 2.75) is 24.5 Å². The molecular weight excluding hydrogens is 413 g/mol. The van der Waals surface area contributed by atoms with Crippen molar-refractivity contribution in [1.29, 1.82) is 0 Å². The smallest absolute Gasteiger partial charge is 0.255 e. The van der Waals surface area contributed by atoms with Crippen LogP contribution in [0.4, 0.5) is 4.39 Å². The molecule has 6 N–H and O–H groups in total. The molecule has 0 spiro atoms. The molecule has 31 heavy (non-hydrogen) atoms. The third-order valence-corrected chi connectivity index (χ3v) is 6.42. The number of Topliss-reactive ketones (excluding diaryl/α,β-unsaturated/α-hetero) is 2. The number of halogens is 1. The molecule has 0 aromatic carbocycles. The maximum Gasteiger partial charge on any atom is 0.255 e. The number of hydrogen-bond donors (Lipinski definition) is 5. The summed E-state index contributed by atoms with van der Waals surface area (Å²) in [5, 5.41) is 43.0. The maximum absolute atomic E-state index is 14.3. The zero-order valence-corrected chi connectivity index (χ0v) is 16.6. The van der Waals surface area contributed by atoms with Crippen molar-refractivity contribution in [2.75, 3.05) is 14.1 Å². The molecule has 164 valence electrons. The third-order valence-electron chi connectivity index (χ3n) is 6.42. The number of primary amides is 1. The molecule has 4 rings (SSSR count). The van der Waals surface area contributed by atoms with Gasteiger partial charge in [0.25, 0.3) is 5.91 Å². The van der Waals surface area contributed by atoms with Crippen LogP contribution < -0.4 is 5.73 Å². The Morgan fingerprint density at radius 1 is 1.29 bits per heavy atom. The fourth-order valence-electron chi connectivity index (χ4n) is 5.11. The van der Waals surface area contributed by atoms with Crippen molar-refractivity contribution in [1.82, 2.24) is 9.88 Å². The summed E-state index contributed by atoms with van der Waals surface area (Å²) in [5.41, 5.74) is 0.747.